The number of likely N-dealkylation sites (tertiary alicyclic amines) is 1. The Bertz CT molecular complexity index is 661. The second kappa shape index (κ2) is 7.26. The Morgan fingerprint density at radius 1 is 1.42 bits per heavy atom. The molecule has 1 saturated heterocycles. The van der Waals surface area contributed by atoms with Gasteiger partial charge in [0.15, 0.2) is 5.75 Å². The normalized spacial score (nSPS) is 20.0. The Morgan fingerprint density at radius 2 is 2.12 bits per heavy atom. The average molecular weight is 338 g/mol. The molecule has 1 heterocycles. The number of methoxy groups -OCH3 is 2. The Balaban J connectivity index is 2.30. The van der Waals surface area contributed by atoms with Crippen molar-refractivity contribution in [3.05, 3.63) is 33.9 Å². The summed E-state index contributed by atoms with van der Waals surface area (Å²) in [6.07, 6.45) is -0.0528. The van der Waals surface area contributed by atoms with Crippen LogP contribution >= 0.6 is 0 Å². The van der Waals surface area contributed by atoms with Gasteiger partial charge in [-0.25, -0.2) is 0 Å². The van der Waals surface area contributed by atoms with Crippen molar-refractivity contribution >= 4 is 17.6 Å². The highest BCUT2D eigenvalue weighted by molar-refractivity contribution is 5.96. The van der Waals surface area contributed by atoms with Crippen LogP contribution in [-0.4, -0.2) is 59.7 Å². The predicted molar refractivity (Wildman–Crippen MR) is 82.1 cm³/mol. The second-order valence-corrected chi connectivity index (χ2v) is 5.45. The Labute approximate surface area is 137 Å². The lowest BCUT2D eigenvalue weighted by Gasteiger charge is -2.23. The standard InChI is InChI=1S/C15H18N2O7/c1-23-11-6-10(7-14(18)19)16(8-11)15(20)9-3-4-13(24-2)12(5-9)17(21)22/h3-5,10-11H,6-8H2,1-2H3,(H,18,19). The highest BCUT2D eigenvalue weighted by Gasteiger charge is 2.37. The number of rotatable bonds is 6. The van der Waals surface area contributed by atoms with Crippen LogP contribution in [0.2, 0.25) is 0 Å². The van der Waals surface area contributed by atoms with Crippen LogP contribution in [-0.2, 0) is 9.53 Å². The van der Waals surface area contributed by atoms with E-state index in [9.17, 15) is 19.7 Å². The van der Waals surface area contributed by atoms with Gasteiger partial charge in [-0.3, -0.25) is 19.7 Å². The van der Waals surface area contributed by atoms with Crippen LogP contribution in [0.4, 0.5) is 5.69 Å². The fourth-order valence-electron chi connectivity index (χ4n) is 2.82. The molecular weight excluding hydrogens is 320 g/mol. The van der Waals surface area contributed by atoms with Crippen LogP contribution in [0.1, 0.15) is 23.2 Å². The van der Waals surface area contributed by atoms with E-state index in [1.807, 2.05) is 0 Å². The van der Waals surface area contributed by atoms with Crippen LogP contribution in [0.25, 0.3) is 0 Å². The molecule has 9 nitrogen and oxygen atoms in total. The molecule has 0 radical (unpaired) electrons. The quantitative estimate of drug-likeness (QED) is 0.613. The van der Waals surface area contributed by atoms with Crippen LogP contribution in [0.5, 0.6) is 5.75 Å². The minimum Gasteiger partial charge on any atom is -0.490 e. The molecule has 2 unspecified atom stereocenters. The largest absolute Gasteiger partial charge is 0.490 e. The Morgan fingerprint density at radius 3 is 2.67 bits per heavy atom. The number of hydrogen-bond donors (Lipinski definition) is 1. The molecule has 1 aromatic rings. The predicted octanol–water partition coefficient (Wildman–Crippen LogP) is 1.31. The SMILES string of the molecule is COc1ccc(C(=O)N2CC(OC)CC2CC(=O)O)cc1[N+](=O)[O-]. The maximum absolute atomic E-state index is 12.7. The van der Waals surface area contributed by atoms with Crippen LogP contribution in [0.3, 0.4) is 0 Å². The van der Waals surface area contributed by atoms with E-state index in [1.165, 1.54) is 31.3 Å². The molecular formula is C15H18N2O7. The van der Waals surface area contributed by atoms with Crippen molar-refractivity contribution in [3.8, 4) is 5.75 Å². The number of carboxylic acid groups (broad SMARTS) is 1. The van der Waals surface area contributed by atoms with E-state index < -0.39 is 22.8 Å². The highest BCUT2D eigenvalue weighted by Crippen LogP contribution is 2.30. The number of aliphatic carboxylic acids is 1. The zero-order valence-corrected chi connectivity index (χ0v) is 13.3. The second-order valence-electron chi connectivity index (χ2n) is 5.45. The van der Waals surface area contributed by atoms with E-state index in [0.717, 1.165) is 6.07 Å². The third-order valence-corrected chi connectivity index (χ3v) is 4.00. The van der Waals surface area contributed by atoms with Crippen molar-refractivity contribution in [2.75, 3.05) is 20.8 Å². The first kappa shape index (κ1) is 17.7. The summed E-state index contributed by atoms with van der Waals surface area (Å²) < 4.78 is 10.1. The molecule has 0 aromatic heterocycles. The summed E-state index contributed by atoms with van der Waals surface area (Å²) in [6, 6.07) is 3.40. The number of amides is 1. The van der Waals surface area contributed by atoms with Gasteiger partial charge in [-0.1, -0.05) is 0 Å². The van der Waals surface area contributed by atoms with Gasteiger partial charge >= 0.3 is 11.7 Å². The van der Waals surface area contributed by atoms with E-state index in [4.69, 9.17) is 14.6 Å². The van der Waals surface area contributed by atoms with E-state index in [0.29, 0.717) is 6.42 Å². The summed E-state index contributed by atoms with van der Waals surface area (Å²) in [5.74, 6) is -1.43. The zero-order chi connectivity index (χ0) is 17.9. The number of nitro groups is 1. The summed E-state index contributed by atoms with van der Waals surface area (Å²) in [7, 11) is 2.80. The molecule has 1 aliphatic heterocycles. The van der Waals surface area contributed by atoms with Crippen LogP contribution < -0.4 is 4.74 Å². The number of ether oxygens (including phenoxy) is 2. The molecule has 0 aliphatic carbocycles. The molecule has 1 aliphatic rings. The number of nitrogens with zero attached hydrogens (tertiary/aromatic N) is 2. The van der Waals surface area contributed by atoms with Gasteiger partial charge in [0.2, 0.25) is 0 Å². The average Bonchev–Trinajstić information content (AvgIpc) is 2.95. The number of hydrogen-bond acceptors (Lipinski definition) is 6. The zero-order valence-electron chi connectivity index (χ0n) is 13.3. The van der Waals surface area contributed by atoms with Crippen molar-refractivity contribution in [2.45, 2.75) is 25.0 Å². The first-order chi connectivity index (χ1) is 11.4. The lowest BCUT2D eigenvalue weighted by atomic mass is 10.1. The number of benzene rings is 1. The number of nitro benzene ring substituents is 1. The van der Waals surface area contributed by atoms with Crippen molar-refractivity contribution in [3.63, 3.8) is 0 Å². The molecule has 2 atom stereocenters. The number of carbonyl (C=O) groups is 2. The van der Waals surface area contributed by atoms with Gasteiger partial charge in [0.05, 0.1) is 24.6 Å². The highest BCUT2D eigenvalue weighted by atomic mass is 16.6. The minimum absolute atomic E-state index is 0.0508. The van der Waals surface area contributed by atoms with Crippen molar-refractivity contribution in [1.82, 2.24) is 4.90 Å². The van der Waals surface area contributed by atoms with Crippen LogP contribution in [0, 0.1) is 10.1 Å². The van der Waals surface area contributed by atoms with Crippen LogP contribution in [0.15, 0.2) is 18.2 Å². The molecule has 1 amide bonds. The van der Waals surface area contributed by atoms with Crippen molar-refractivity contribution < 1.29 is 29.1 Å². The summed E-state index contributed by atoms with van der Waals surface area (Å²) in [6.45, 7) is 0.243. The Kier molecular flexibility index (Phi) is 5.35. The molecule has 130 valence electrons. The molecule has 1 aromatic carbocycles. The van der Waals surface area contributed by atoms with Gasteiger partial charge in [0.25, 0.3) is 5.91 Å². The molecule has 1 fully saturated rings. The van der Waals surface area contributed by atoms with Gasteiger partial charge < -0.3 is 19.5 Å². The number of carbonyl (C=O) groups excluding carboxylic acids is 1. The summed E-state index contributed by atoms with van der Waals surface area (Å²) in [5, 5.41) is 20.1. The molecule has 0 bridgehead atoms. The maximum Gasteiger partial charge on any atom is 0.311 e. The Hall–Kier alpha value is -2.68. The molecule has 0 saturated carbocycles. The fourth-order valence-corrected chi connectivity index (χ4v) is 2.82. The minimum atomic E-state index is -1.02. The van der Waals surface area contributed by atoms with Gasteiger partial charge in [-0.2, -0.15) is 0 Å². The lowest BCUT2D eigenvalue weighted by Crippen LogP contribution is -2.37. The van der Waals surface area contributed by atoms with Gasteiger partial charge in [0.1, 0.15) is 0 Å². The maximum atomic E-state index is 12.7. The van der Waals surface area contributed by atoms with E-state index >= 15 is 0 Å². The van der Waals surface area contributed by atoms with Gasteiger partial charge in [-0.05, 0) is 18.6 Å². The number of carboxylic acids is 1. The smallest absolute Gasteiger partial charge is 0.311 e. The topological polar surface area (TPSA) is 119 Å². The molecule has 9 heteroatoms. The first-order valence-corrected chi connectivity index (χ1v) is 7.25. The van der Waals surface area contributed by atoms with E-state index in [-0.39, 0.29) is 36.1 Å². The molecule has 0 spiro atoms. The molecule has 1 N–H and O–H groups in total. The van der Waals surface area contributed by atoms with Crippen molar-refractivity contribution in [2.24, 2.45) is 0 Å². The van der Waals surface area contributed by atoms with E-state index in [2.05, 4.69) is 0 Å². The summed E-state index contributed by atoms with van der Waals surface area (Å²) in [5.41, 5.74) is -0.213. The fraction of sp³-hybridized carbons (Fsp3) is 0.467. The third kappa shape index (κ3) is 3.62. The first-order valence-electron chi connectivity index (χ1n) is 7.25. The van der Waals surface area contributed by atoms with Gasteiger partial charge in [0, 0.05) is 31.3 Å². The van der Waals surface area contributed by atoms with E-state index in [1.54, 1.807) is 0 Å². The monoisotopic (exact) mass is 338 g/mol. The molecule has 2 rings (SSSR count). The summed E-state index contributed by atoms with van der Waals surface area (Å²) in [4.78, 5) is 35.5. The summed E-state index contributed by atoms with van der Waals surface area (Å²) >= 11 is 0. The molecule has 24 heavy (non-hydrogen) atoms. The third-order valence-electron chi connectivity index (χ3n) is 4.00. The lowest BCUT2D eigenvalue weighted by molar-refractivity contribution is -0.385. The van der Waals surface area contributed by atoms with Crippen molar-refractivity contribution in [1.29, 1.82) is 0 Å². The van der Waals surface area contributed by atoms with Gasteiger partial charge in [-0.15, -0.1) is 0 Å².